The van der Waals surface area contributed by atoms with Crippen molar-refractivity contribution in [3.63, 3.8) is 0 Å². The van der Waals surface area contributed by atoms with Gasteiger partial charge in [-0.1, -0.05) is 24.8 Å². The van der Waals surface area contributed by atoms with Crippen LogP contribution >= 0.6 is 34.4 Å². The fraction of sp³-hybridized carbons (Fsp3) is 0.250. The Kier molecular flexibility index (Phi) is 5.67. The van der Waals surface area contributed by atoms with Crippen molar-refractivity contribution in [3.8, 4) is 0 Å². The molecule has 3 aromatic heterocycles. The molecule has 3 aromatic rings. The number of carbonyl (C=O) groups excluding carboxylic acids is 1. The Bertz CT molecular complexity index is 960. The van der Waals surface area contributed by atoms with Crippen LogP contribution in [0.2, 0.25) is 0 Å². The molecule has 0 atom stereocenters. The van der Waals surface area contributed by atoms with Gasteiger partial charge in [-0.3, -0.25) is 14.2 Å². The highest BCUT2D eigenvalue weighted by atomic mass is 32.2. The fourth-order valence-corrected chi connectivity index (χ4v) is 4.55. The van der Waals surface area contributed by atoms with Gasteiger partial charge in [-0.25, -0.2) is 9.97 Å². The molecule has 0 aliphatic rings. The lowest BCUT2D eigenvalue weighted by Gasteiger charge is -2.09. The highest BCUT2D eigenvalue weighted by molar-refractivity contribution is 7.99. The molecule has 25 heavy (non-hydrogen) atoms. The van der Waals surface area contributed by atoms with Gasteiger partial charge >= 0.3 is 0 Å². The molecule has 0 fully saturated rings. The molecule has 0 spiro atoms. The molecule has 3 rings (SSSR count). The Morgan fingerprint density at radius 3 is 3.04 bits per heavy atom. The van der Waals surface area contributed by atoms with Crippen molar-refractivity contribution in [2.24, 2.45) is 0 Å². The normalized spacial score (nSPS) is 10.9. The maximum Gasteiger partial charge on any atom is 0.263 e. The summed E-state index contributed by atoms with van der Waals surface area (Å²) < 4.78 is 1.56. The molecule has 0 unspecified atom stereocenters. The van der Waals surface area contributed by atoms with Gasteiger partial charge < -0.3 is 5.32 Å². The van der Waals surface area contributed by atoms with E-state index in [1.165, 1.54) is 34.4 Å². The number of amides is 1. The molecule has 0 saturated heterocycles. The molecule has 9 heteroatoms. The standard InChI is InChI=1S/C16H16N4O2S3/c1-3-6-20-14(22)11-8-10(4-2)25-13(11)19-16(20)24-9-12(21)18-15-17-5-7-23-15/h3,5,7-8H,1,4,6,9H2,2H3,(H,17,18,21). The summed E-state index contributed by atoms with van der Waals surface area (Å²) in [6.45, 7) is 6.11. The smallest absolute Gasteiger partial charge is 0.263 e. The van der Waals surface area contributed by atoms with Crippen molar-refractivity contribution in [1.29, 1.82) is 0 Å². The summed E-state index contributed by atoms with van der Waals surface area (Å²) >= 11 is 4.12. The van der Waals surface area contributed by atoms with Gasteiger partial charge in [0, 0.05) is 23.0 Å². The number of fused-ring (bicyclic) bond motifs is 1. The second kappa shape index (κ2) is 7.94. The minimum atomic E-state index is -0.181. The van der Waals surface area contributed by atoms with Crippen LogP contribution in [-0.2, 0) is 17.8 Å². The van der Waals surface area contributed by atoms with Crippen LogP contribution in [0.1, 0.15) is 11.8 Å². The number of thioether (sulfide) groups is 1. The average molecular weight is 393 g/mol. The van der Waals surface area contributed by atoms with Gasteiger partial charge in [-0.15, -0.1) is 29.3 Å². The molecule has 3 heterocycles. The number of thiazole rings is 1. The predicted molar refractivity (Wildman–Crippen MR) is 105 cm³/mol. The maximum absolute atomic E-state index is 12.7. The number of carbonyl (C=O) groups is 1. The molecule has 0 radical (unpaired) electrons. The monoisotopic (exact) mass is 392 g/mol. The zero-order chi connectivity index (χ0) is 17.8. The zero-order valence-corrected chi connectivity index (χ0v) is 16.0. The largest absolute Gasteiger partial charge is 0.301 e. The highest BCUT2D eigenvalue weighted by Crippen LogP contribution is 2.25. The summed E-state index contributed by atoms with van der Waals surface area (Å²) in [6.07, 6.45) is 4.15. The first kappa shape index (κ1) is 17.8. The van der Waals surface area contributed by atoms with E-state index in [-0.39, 0.29) is 17.2 Å². The summed E-state index contributed by atoms with van der Waals surface area (Å²) in [5.41, 5.74) is -0.0938. The number of nitrogens with zero attached hydrogens (tertiary/aromatic N) is 3. The van der Waals surface area contributed by atoms with Crippen LogP contribution in [0.15, 0.2) is 40.2 Å². The van der Waals surface area contributed by atoms with E-state index in [1.807, 2.05) is 13.0 Å². The molecule has 0 aromatic carbocycles. The van der Waals surface area contributed by atoms with Crippen LogP contribution in [0.25, 0.3) is 10.2 Å². The van der Waals surface area contributed by atoms with E-state index in [9.17, 15) is 9.59 Å². The second-order valence-electron chi connectivity index (χ2n) is 5.06. The lowest BCUT2D eigenvalue weighted by atomic mass is 10.3. The van der Waals surface area contributed by atoms with Crippen LogP contribution in [0.5, 0.6) is 0 Å². The Morgan fingerprint density at radius 2 is 2.36 bits per heavy atom. The topological polar surface area (TPSA) is 76.9 Å². The molecule has 1 N–H and O–H groups in total. The molecule has 0 aliphatic heterocycles. The van der Waals surface area contributed by atoms with E-state index in [0.717, 1.165) is 11.3 Å². The third kappa shape index (κ3) is 4.00. The lowest BCUT2D eigenvalue weighted by molar-refractivity contribution is -0.113. The van der Waals surface area contributed by atoms with E-state index in [4.69, 9.17) is 0 Å². The van der Waals surface area contributed by atoms with Gasteiger partial charge in [0.05, 0.1) is 11.1 Å². The minimum absolute atomic E-state index is 0.0938. The quantitative estimate of drug-likeness (QED) is 0.379. The third-order valence-corrected chi connectivity index (χ3v) is 6.18. The number of aromatic nitrogens is 3. The number of hydrogen-bond acceptors (Lipinski definition) is 7. The molecule has 6 nitrogen and oxygen atoms in total. The summed E-state index contributed by atoms with van der Waals surface area (Å²) in [6, 6.07) is 1.90. The predicted octanol–water partition coefficient (Wildman–Crippen LogP) is 3.39. The Morgan fingerprint density at radius 1 is 1.52 bits per heavy atom. The minimum Gasteiger partial charge on any atom is -0.301 e. The third-order valence-electron chi connectivity index (χ3n) is 3.34. The molecule has 0 saturated carbocycles. The Hall–Kier alpha value is -1.97. The average Bonchev–Trinajstić information content (AvgIpc) is 3.25. The van der Waals surface area contributed by atoms with Gasteiger partial charge in [0.25, 0.3) is 5.56 Å². The number of nitrogens with one attached hydrogen (secondary N) is 1. The van der Waals surface area contributed by atoms with Gasteiger partial charge in [0.15, 0.2) is 10.3 Å². The maximum atomic E-state index is 12.7. The van der Waals surface area contributed by atoms with Crippen molar-refractivity contribution in [2.75, 3.05) is 11.1 Å². The van der Waals surface area contributed by atoms with Gasteiger partial charge in [0.2, 0.25) is 5.91 Å². The molecule has 1 amide bonds. The molecule has 0 aliphatic carbocycles. The summed E-state index contributed by atoms with van der Waals surface area (Å²) in [5, 5.41) is 6.23. The van der Waals surface area contributed by atoms with E-state index >= 15 is 0 Å². The zero-order valence-electron chi connectivity index (χ0n) is 13.5. The first-order chi connectivity index (χ1) is 12.1. The SMILES string of the molecule is C=CCn1c(SCC(=O)Nc2nccs2)nc2sc(CC)cc2c1=O. The Balaban J connectivity index is 1.86. The van der Waals surface area contributed by atoms with E-state index in [0.29, 0.717) is 27.0 Å². The van der Waals surface area contributed by atoms with Crippen LogP contribution in [0.4, 0.5) is 5.13 Å². The fourth-order valence-electron chi connectivity index (χ4n) is 2.19. The number of aryl methyl sites for hydroxylation is 1. The number of rotatable bonds is 7. The molecule has 0 bridgehead atoms. The van der Waals surface area contributed by atoms with E-state index < -0.39 is 0 Å². The van der Waals surface area contributed by atoms with Crippen LogP contribution in [-0.4, -0.2) is 26.2 Å². The van der Waals surface area contributed by atoms with E-state index in [2.05, 4.69) is 21.9 Å². The highest BCUT2D eigenvalue weighted by Gasteiger charge is 2.15. The summed E-state index contributed by atoms with van der Waals surface area (Å²) in [7, 11) is 0. The van der Waals surface area contributed by atoms with Crippen molar-refractivity contribution in [1.82, 2.24) is 14.5 Å². The summed E-state index contributed by atoms with van der Waals surface area (Å²) in [5.74, 6) is -0.0272. The van der Waals surface area contributed by atoms with Crippen LogP contribution in [0.3, 0.4) is 0 Å². The molecular weight excluding hydrogens is 376 g/mol. The number of allylic oxidation sites excluding steroid dienone is 1. The second-order valence-corrected chi connectivity index (χ2v) is 8.01. The first-order valence-electron chi connectivity index (χ1n) is 7.58. The number of thiophene rings is 1. The van der Waals surface area contributed by atoms with Crippen LogP contribution in [0, 0.1) is 0 Å². The van der Waals surface area contributed by atoms with Crippen molar-refractivity contribution >= 4 is 55.7 Å². The van der Waals surface area contributed by atoms with Crippen molar-refractivity contribution in [3.05, 3.63) is 45.5 Å². The van der Waals surface area contributed by atoms with Gasteiger partial charge in [-0.05, 0) is 12.5 Å². The molecule has 130 valence electrons. The number of hydrogen-bond donors (Lipinski definition) is 1. The van der Waals surface area contributed by atoms with Crippen LogP contribution < -0.4 is 10.9 Å². The molecular formula is C16H16N4O2S3. The van der Waals surface area contributed by atoms with Gasteiger partial charge in [-0.2, -0.15) is 0 Å². The van der Waals surface area contributed by atoms with Crippen molar-refractivity contribution < 1.29 is 4.79 Å². The number of anilines is 1. The summed E-state index contributed by atoms with van der Waals surface area (Å²) in [4.78, 5) is 35.2. The van der Waals surface area contributed by atoms with Gasteiger partial charge in [0.1, 0.15) is 4.83 Å². The Labute approximate surface area is 156 Å². The first-order valence-corrected chi connectivity index (χ1v) is 10.3. The van der Waals surface area contributed by atoms with E-state index in [1.54, 1.807) is 22.2 Å². The lowest BCUT2D eigenvalue weighted by Crippen LogP contribution is -2.23. The van der Waals surface area contributed by atoms with Crippen molar-refractivity contribution in [2.45, 2.75) is 25.0 Å².